The summed E-state index contributed by atoms with van der Waals surface area (Å²) in [5.41, 5.74) is 0. The molecule has 4 heteroatoms. The molecule has 1 aliphatic heterocycles. The lowest BCUT2D eigenvalue weighted by molar-refractivity contribution is -0.145. The molecule has 0 spiro atoms. The van der Waals surface area contributed by atoms with Gasteiger partial charge in [-0.15, -0.1) is 0 Å². The van der Waals surface area contributed by atoms with Crippen molar-refractivity contribution in [3.05, 3.63) is 12.2 Å². The molecule has 0 aliphatic carbocycles. The molecule has 0 bridgehead atoms. The van der Waals surface area contributed by atoms with Gasteiger partial charge in [-0.1, -0.05) is 6.08 Å². The van der Waals surface area contributed by atoms with Crippen LogP contribution in [0.15, 0.2) is 12.2 Å². The number of aliphatic hydroxyl groups excluding tert-OH is 1. The SMILES string of the molecule is C[C@H](O)CC(=O)C[C@H]1CC=CC(=O)O1. The highest BCUT2D eigenvalue weighted by Gasteiger charge is 2.19. The molecule has 0 saturated heterocycles. The standard InChI is InChI=1S/C10H14O4/c1-7(11)5-8(12)6-9-3-2-4-10(13)14-9/h2,4,7,9,11H,3,5-6H2,1H3/t7-,9+/m0/s1. The monoisotopic (exact) mass is 198 g/mol. The normalized spacial score (nSPS) is 23.0. The minimum absolute atomic E-state index is 0.0758. The van der Waals surface area contributed by atoms with Gasteiger partial charge in [0.05, 0.1) is 6.10 Å². The minimum Gasteiger partial charge on any atom is -0.458 e. The maximum atomic E-state index is 11.3. The molecule has 1 heterocycles. The fraction of sp³-hybridized carbons (Fsp3) is 0.600. The fourth-order valence-electron chi connectivity index (χ4n) is 1.36. The van der Waals surface area contributed by atoms with Gasteiger partial charge in [-0.25, -0.2) is 4.79 Å². The summed E-state index contributed by atoms with van der Waals surface area (Å²) in [5, 5.41) is 8.96. The van der Waals surface area contributed by atoms with E-state index in [1.165, 1.54) is 6.08 Å². The lowest BCUT2D eigenvalue weighted by atomic mass is 10.0. The molecule has 0 unspecified atom stereocenters. The van der Waals surface area contributed by atoms with Crippen molar-refractivity contribution in [2.75, 3.05) is 0 Å². The van der Waals surface area contributed by atoms with Crippen LogP contribution in [-0.2, 0) is 14.3 Å². The van der Waals surface area contributed by atoms with Gasteiger partial charge in [0.25, 0.3) is 0 Å². The largest absolute Gasteiger partial charge is 0.458 e. The maximum Gasteiger partial charge on any atom is 0.330 e. The minimum atomic E-state index is -0.627. The van der Waals surface area contributed by atoms with E-state index in [1.54, 1.807) is 13.0 Å². The smallest absolute Gasteiger partial charge is 0.330 e. The van der Waals surface area contributed by atoms with Gasteiger partial charge >= 0.3 is 5.97 Å². The Morgan fingerprint density at radius 3 is 3.07 bits per heavy atom. The maximum absolute atomic E-state index is 11.3. The van der Waals surface area contributed by atoms with E-state index in [0.29, 0.717) is 6.42 Å². The van der Waals surface area contributed by atoms with Crippen molar-refractivity contribution in [1.29, 1.82) is 0 Å². The number of ketones is 1. The number of carbonyl (C=O) groups excluding carboxylic acids is 2. The molecular weight excluding hydrogens is 184 g/mol. The van der Waals surface area contributed by atoms with E-state index in [0.717, 1.165) is 0 Å². The van der Waals surface area contributed by atoms with E-state index in [4.69, 9.17) is 9.84 Å². The van der Waals surface area contributed by atoms with Crippen LogP contribution in [0.3, 0.4) is 0 Å². The Bertz CT molecular complexity index is 255. The average Bonchev–Trinajstić information content (AvgIpc) is 2.01. The molecule has 4 nitrogen and oxygen atoms in total. The third kappa shape index (κ3) is 3.70. The Balaban J connectivity index is 2.34. The first-order valence-electron chi connectivity index (χ1n) is 4.65. The Kier molecular flexibility index (Phi) is 3.83. The summed E-state index contributed by atoms with van der Waals surface area (Å²) in [6, 6.07) is 0. The highest BCUT2D eigenvalue weighted by atomic mass is 16.5. The predicted octanol–water partition coefficient (Wildman–Crippen LogP) is 0.588. The lowest BCUT2D eigenvalue weighted by Gasteiger charge is -2.17. The van der Waals surface area contributed by atoms with E-state index < -0.39 is 12.1 Å². The predicted molar refractivity (Wildman–Crippen MR) is 49.6 cm³/mol. The zero-order valence-corrected chi connectivity index (χ0v) is 8.10. The number of hydrogen-bond donors (Lipinski definition) is 1. The third-order valence-electron chi connectivity index (χ3n) is 1.91. The van der Waals surface area contributed by atoms with Gasteiger partial charge < -0.3 is 9.84 Å². The van der Waals surface area contributed by atoms with E-state index in [2.05, 4.69) is 0 Å². The van der Waals surface area contributed by atoms with Crippen molar-refractivity contribution in [1.82, 2.24) is 0 Å². The van der Waals surface area contributed by atoms with Crippen LogP contribution < -0.4 is 0 Å². The molecule has 1 N–H and O–H groups in total. The Morgan fingerprint density at radius 2 is 2.50 bits per heavy atom. The van der Waals surface area contributed by atoms with Gasteiger partial charge in [-0.2, -0.15) is 0 Å². The first-order valence-corrected chi connectivity index (χ1v) is 4.65. The highest BCUT2D eigenvalue weighted by Crippen LogP contribution is 2.12. The molecule has 0 aromatic rings. The zero-order chi connectivity index (χ0) is 10.6. The van der Waals surface area contributed by atoms with Gasteiger partial charge in [0.2, 0.25) is 0 Å². The fourth-order valence-corrected chi connectivity index (χ4v) is 1.36. The summed E-state index contributed by atoms with van der Waals surface area (Å²) >= 11 is 0. The summed E-state index contributed by atoms with van der Waals surface area (Å²) in [7, 11) is 0. The quantitative estimate of drug-likeness (QED) is 0.671. The van der Waals surface area contributed by atoms with Crippen molar-refractivity contribution in [3.8, 4) is 0 Å². The number of rotatable bonds is 4. The van der Waals surface area contributed by atoms with Gasteiger partial charge in [0.15, 0.2) is 0 Å². The van der Waals surface area contributed by atoms with E-state index in [1.807, 2.05) is 0 Å². The van der Waals surface area contributed by atoms with Crippen LogP contribution in [0.4, 0.5) is 0 Å². The second-order valence-corrected chi connectivity index (χ2v) is 3.49. The molecule has 0 aromatic carbocycles. The molecule has 0 saturated carbocycles. The Labute approximate surface area is 82.6 Å². The van der Waals surface area contributed by atoms with Crippen LogP contribution in [0.5, 0.6) is 0 Å². The van der Waals surface area contributed by atoms with Crippen LogP contribution >= 0.6 is 0 Å². The summed E-state index contributed by atoms with van der Waals surface area (Å²) in [6.45, 7) is 1.56. The molecule has 1 aliphatic rings. The van der Waals surface area contributed by atoms with Crippen molar-refractivity contribution in [2.24, 2.45) is 0 Å². The van der Waals surface area contributed by atoms with Crippen molar-refractivity contribution < 1.29 is 19.4 Å². The lowest BCUT2D eigenvalue weighted by Crippen LogP contribution is -2.24. The van der Waals surface area contributed by atoms with Crippen molar-refractivity contribution >= 4 is 11.8 Å². The molecule has 1 rings (SSSR count). The zero-order valence-electron chi connectivity index (χ0n) is 8.10. The summed E-state index contributed by atoms with van der Waals surface area (Å²) in [4.78, 5) is 22.1. The van der Waals surface area contributed by atoms with Crippen LogP contribution in [0.1, 0.15) is 26.2 Å². The summed E-state index contributed by atoms with van der Waals surface area (Å²) < 4.78 is 4.91. The van der Waals surface area contributed by atoms with E-state index >= 15 is 0 Å². The number of carbonyl (C=O) groups is 2. The van der Waals surface area contributed by atoms with Crippen molar-refractivity contribution in [2.45, 2.75) is 38.4 Å². The topological polar surface area (TPSA) is 63.6 Å². The van der Waals surface area contributed by atoms with Gasteiger partial charge in [-0.05, 0) is 6.92 Å². The molecule has 0 fully saturated rings. The first-order chi connectivity index (χ1) is 6.58. The second kappa shape index (κ2) is 4.91. The van der Waals surface area contributed by atoms with E-state index in [-0.39, 0.29) is 24.7 Å². The van der Waals surface area contributed by atoms with Crippen LogP contribution in [0.2, 0.25) is 0 Å². The van der Waals surface area contributed by atoms with Gasteiger partial charge in [0.1, 0.15) is 11.9 Å². The Morgan fingerprint density at radius 1 is 1.79 bits per heavy atom. The number of esters is 1. The number of hydrogen-bond acceptors (Lipinski definition) is 4. The van der Waals surface area contributed by atoms with E-state index in [9.17, 15) is 9.59 Å². The number of ether oxygens (including phenoxy) is 1. The van der Waals surface area contributed by atoms with Crippen molar-refractivity contribution in [3.63, 3.8) is 0 Å². The van der Waals surface area contributed by atoms with Gasteiger partial charge in [0, 0.05) is 25.3 Å². The molecule has 78 valence electrons. The van der Waals surface area contributed by atoms with Crippen LogP contribution in [-0.4, -0.2) is 29.1 Å². The number of cyclic esters (lactones) is 1. The Hall–Kier alpha value is -1.16. The van der Waals surface area contributed by atoms with Gasteiger partial charge in [-0.3, -0.25) is 4.79 Å². The molecular formula is C10H14O4. The van der Waals surface area contributed by atoms with Crippen LogP contribution in [0.25, 0.3) is 0 Å². The summed E-state index contributed by atoms with van der Waals surface area (Å²) in [6.07, 6.45) is 2.98. The molecule has 14 heavy (non-hydrogen) atoms. The molecule has 2 atom stereocenters. The first kappa shape index (κ1) is 10.9. The number of Topliss-reactive ketones (excluding diaryl/α,β-unsaturated/α-hetero) is 1. The third-order valence-corrected chi connectivity index (χ3v) is 1.91. The summed E-state index contributed by atoms with van der Waals surface area (Å²) in [5.74, 6) is -0.473. The molecule has 0 radical (unpaired) electrons. The van der Waals surface area contributed by atoms with Crippen LogP contribution in [0, 0.1) is 0 Å². The second-order valence-electron chi connectivity index (χ2n) is 3.49. The highest BCUT2D eigenvalue weighted by molar-refractivity contribution is 5.84. The number of aliphatic hydroxyl groups is 1. The molecule has 0 amide bonds. The average molecular weight is 198 g/mol. The molecule has 0 aromatic heterocycles.